The number of fused-ring (bicyclic) bond motifs is 3. The SMILES string of the molecule is CCCc1cc(=O)oc2c3c(ccc12)OCN(Cc1ccc(F)cc1)C3. The van der Waals surface area contributed by atoms with Crippen molar-refractivity contribution in [3.63, 3.8) is 0 Å². The third-order valence-electron chi connectivity index (χ3n) is 4.68. The van der Waals surface area contributed by atoms with Gasteiger partial charge < -0.3 is 9.15 Å². The molecule has 5 heteroatoms. The van der Waals surface area contributed by atoms with Crippen molar-refractivity contribution >= 4 is 11.0 Å². The molecule has 134 valence electrons. The Labute approximate surface area is 150 Å². The summed E-state index contributed by atoms with van der Waals surface area (Å²) in [7, 11) is 0. The van der Waals surface area contributed by atoms with Gasteiger partial charge in [0.25, 0.3) is 0 Å². The van der Waals surface area contributed by atoms with E-state index < -0.39 is 0 Å². The fourth-order valence-corrected chi connectivity index (χ4v) is 3.47. The normalized spacial score (nSPS) is 14.2. The minimum Gasteiger partial charge on any atom is -0.478 e. The van der Waals surface area contributed by atoms with Crippen molar-refractivity contribution in [2.24, 2.45) is 0 Å². The minimum absolute atomic E-state index is 0.245. The lowest BCUT2D eigenvalue weighted by Crippen LogP contribution is -2.31. The molecule has 4 rings (SSSR count). The molecule has 4 nitrogen and oxygen atoms in total. The van der Waals surface area contributed by atoms with Gasteiger partial charge in [-0.2, -0.15) is 0 Å². The van der Waals surface area contributed by atoms with E-state index in [1.807, 2.05) is 12.1 Å². The number of nitrogens with zero attached hydrogens (tertiary/aromatic N) is 1. The maximum absolute atomic E-state index is 13.1. The quantitative estimate of drug-likeness (QED) is 0.658. The topological polar surface area (TPSA) is 42.7 Å². The zero-order valence-electron chi connectivity index (χ0n) is 14.6. The van der Waals surface area contributed by atoms with E-state index in [4.69, 9.17) is 9.15 Å². The van der Waals surface area contributed by atoms with Crippen LogP contribution in [0.15, 0.2) is 51.7 Å². The Morgan fingerprint density at radius 2 is 1.96 bits per heavy atom. The van der Waals surface area contributed by atoms with Crippen molar-refractivity contribution in [3.05, 3.63) is 75.4 Å². The highest BCUT2D eigenvalue weighted by atomic mass is 19.1. The molecule has 0 saturated carbocycles. The van der Waals surface area contributed by atoms with E-state index in [1.54, 1.807) is 18.2 Å². The Kier molecular flexibility index (Phi) is 4.47. The molecule has 0 amide bonds. The highest BCUT2D eigenvalue weighted by Gasteiger charge is 2.22. The van der Waals surface area contributed by atoms with Crippen LogP contribution in [0.2, 0.25) is 0 Å². The molecule has 0 bridgehead atoms. The van der Waals surface area contributed by atoms with Crippen LogP contribution >= 0.6 is 0 Å². The Balaban J connectivity index is 1.69. The van der Waals surface area contributed by atoms with Gasteiger partial charge in [0, 0.05) is 24.5 Å². The van der Waals surface area contributed by atoms with Crippen molar-refractivity contribution in [3.8, 4) is 5.75 Å². The summed E-state index contributed by atoms with van der Waals surface area (Å²) in [5.41, 5.74) is 3.20. The fourth-order valence-electron chi connectivity index (χ4n) is 3.47. The molecule has 0 radical (unpaired) electrons. The van der Waals surface area contributed by atoms with Crippen molar-refractivity contribution < 1.29 is 13.5 Å². The van der Waals surface area contributed by atoms with E-state index in [1.165, 1.54) is 12.1 Å². The molecular formula is C21H20FNO3. The average Bonchev–Trinajstić information content (AvgIpc) is 2.64. The first-order valence-electron chi connectivity index (χ1n) is 8.82. The van der Waals surface area contributed by atoms with Crippen molar-refractivity contribution in [2.75, 3.05) is 6.73 Å². The molecule has 0 N–H and O–H groups in total. The van der Waals surface area contributed by atoms with E-state index in [2.05, 4.69) is 11.8 Å². The molecule has 0 saturated heterocycles. The van der Waals surface area contributed by atoms with Crippen molar-refractivity contribution in [2.45, 2.75) is 32.9 Å². The summed E-state index contributed by atoms with van der Waals surface area (Å²) in [5.74, 6) is 0.509. The molecule has 3 aromatic rings. The smallest absolute Gasteiger partial charge is 0.336 e. The third kappa shape index (κ3) is 3.22. The summed E-state index contributed by atoms with van der Waals surface area (Å²) in [4.78, 5) is 14.1. The van der Waals surface area contributed by atoms with Crippen LogP contribution in [0.4, 0.5) is 4.39 Å². The van der Waals surface area contributed by atoms with Gasteiger partial charge in [0.15, 0.2) is 0 Å². The predicted octanol–water partition coefficient (Wildman–Crippen LogP) is 4.24. The second kappa shape index (κ2) is 6.92. The van der Waals surface area contributed by atoms with Crippen molar-refractivity contribution in [1.82, 2.24) is 4.90 Å². The Morgan fingerprint density at radius 3 is 2.73 bits per heavy atom. The van der Waals surface area contributed by atoms with Gasteiger partial charge in [-0.05, 0) is 41.8 Å². The Bertz CT molecular complexity index is 995. The van der Waals surface area contributed by atoms with Gasteiger partial charge >= 0.3 is 5.63 Å². The van der Waals surface area contributed by atoms with E-state index in [-0.39, 0.29) is 11.4 Å². The van der Waals surface area contributed by atoms with Gasteiger partial charge in [0.1, 0.15) is 23.9 Å². The summed E-state index contributed by atoms with van der Waals surface area (Å²) in [6, 6.07) is 12.0. The van der Waals surface area contributed by atoms with Crippen LogP contribution in [0.1, 0.15) is 30.0 Å². The number of halogens is 1. The zero-order chi connectivity index (χ0) is 18.1. The van der Waals surface area contributed by atoms with E-state index >= 15 is 0 Å². The lowest BCUT2D eigenvalue weighted by molar-refractivity contribution is 0.0889. The molecule has 26 heavy (non-hydrogen) atoms. The summed E-state index contributed by atoms with van der Waals surface area (Å²) >= 11 is 0. The number of rotatable bonds is 4. The first-order valence-corrected chi connectivity index (χ1v) is 8.82. The summed E-state index contributed by atoms with van der Waals surface area (Å²) in [6.07, 6.45) is 1.80. The van der Waals surface area contributed by atoms with Gasteiger partial charge in [-0.3, -0.25) is 4.90 Å². The number of hydrogen-bond acceptors (Lipinski definition) is 4. The molecule has 1 aliphatic heterocycles. The fraction of sp³-hybridized carbons (Fsp3) is 0.286. The Hall–Kier alpha value is -2.66. The van der Waals surface area contributed by atoms with Gasteiger partial charge in [-0.25, -0.2) is 9.18 Å². The maximum atomic E-state index is 13.1. The first kappa shape index (κ1) is 16.8. The van der Waals surface area contributed by atoms with Gasteiger partial charge in [-0.15, -0.1) is 0 Å². The molecule has 2 aromatic carbocycles. The number of ether oxygens (including phenoxy) is 1. The van der Waals surface area contributed by atoms with Crippen LogP contribution in [0.3, 0.4) is 0 Å². The lowest BCUT2D eigenvalue weighted by Gasteiger charge is -2.29. The number of benzene rings is 2. The zero-order valence-corrected chi connectivity index (χ0v) is 14.6. The molecular weight excluding hydrogens is 333 g/mol. The highest BCUT2D eigenvalue weighted by Crippen LogP contribution is 2.33. The lowest BCUT2D eigenvalue weighted by atomic mass is 10.0. The molecule has 1 aromatic heterocycles. The van der Waals surface area contributed by atoms with Crippen LogP contribution in [0, 0.1) is 5.82 Å². The second-order valence-electron chi connectivity index (χ2n) is 6.65. The van der Waals surface area contributed by atoms with Crippen LogP contribution in [0.25, 0.3) is 11.0 Å². The van der Waals surface area contributed by atoms with Crippen LogP contribution in [0.5, 0.6) is 5.75 Å². The molecule has 0 fully saturated rings. The summed E-state index contributed by atoms with van der Waals surface area (Å²) < 4.78 is 24.5. The average molecular weight is 353 g/mol. The second-order valence-corrected chi connectivity index (χ2v) is 6.65. The van der Waals surface area contributed by atoms with E-state index in [0.717, 1.165) is 40.7 Å². The van der Waals surface area contributed by atoms with Gasteiger partial charge in [0.05, 0.1) is 5.56 Å². The monoisotopic (exact) mass is 353 g/mol. The minimum atomic E-state index is -0.329. The van der Waals surface area contributed by atoms with Crippen LogP contribution in [-0.2, 0) is 19.5 Å². The molecule has 0 atom stereocenters. The predicted molar refractivity (Wildman–Crippen MR) is 97.6 cm³/mol. The molecule has 0 spiro atoms. The van der Waals surface area contributed by atoms with E-state index in [0.29, 0.717) is 25.4 Å². The third-order valence-corrected chi connectivity index (χ3v) is 4.68. The first-order chi connectivity index (χ1) is 12.6. The summed E-state index contributed by atoms with van der Waals surface area (Å²) in [6.45, 7) is 3.78. The van der Waals surface area contributed by atoms with Gasteiger partial charge in [-0.1, -0.05) is 25.5 Å². The van der Waals surface area contributed by atoms with Gasteiger partial charge in [0.2, 0.25) is 0 Å². The largest absolute Gasteiger partial charge is 0.478 e. The maximum Gasteiger partial charge on any atom is 0.336 e. The van der Waals surface area contributed by atoms with Crippen molar-refractivity contribution in [1.29, 1.82) is 0 Å². The molecule has 0 unspecified atom stereocenters. The summed E-state index contributed by atoms with van der Waals surface area (Å²) in [5, 5.41) is 0.970. The van der Waals surface area contributed by atoms with Crippen LogP contribution < -0.4 is 10.4 Å². The van der Waals surface area contributed by atoms with Crippen LogP contribution in [-0.4, -0.2) is 11.6 Å². The molecule has 1 aliphatic rings. The standard InChI is InChI=1S/C21H20FNO3/c1-2-3-15-10-20(24)26-21-17(15)8-9-19-18(21)12-23(13-25-19)11-14-4-6-16(22)7-5-14/h4-10H,2-3,11-13H2,1H3. The number of aryl methyl sites for hydroxylation is 1. The highest BCUT2D eigenvalue weighted by molar-refractivity contribution is 5.85. The Morgan fingerprint density at radius 1 is 1.15 bits per heavy atom. The molecule has 2 heterocycles. The molecule has 0 aliphatic carbocycles. The van der Waals surface area contributed by atoms with E-state index in [9.17, 15) is 9.18 Å². The number of hydrogen-bond donors (Lipinski definition) is 0.